The topological polar surface area (TPSA) is 76.4 Å². The molecule has 1 fully saturated rings. The van der Waals surface area contributed by atoms with E-state index >= 15 is 0 Å². The zero-order valence-corrected chi connectivity index (χ0v) is 13.7. The average molecular weight is 314 g/mol. The Morgan fingerprint density at radius 3 is 2.78 bits per heavy atom. The van der Waals surface area contributed by atoms with Crippen molar-refractivity contribution in [2.75, 3.05) is 25.0 Å². The molecule has 23 heavy (non-hydrogen) atoms. The van der Waals surface area contributed by atoms with E-state index in [0.29, 0.717) is 24.3 Å². The molecule has 1 saturated heterocycles. The number of rotatable bonds is 4. The summed E-state index contributed by atoms with van der Waals surface area (Å²) in [5, 5.41) is 11.8. The summed E-state index contributed by atoms with van der Waals surface area (Å²) in [5.41, 5.74) is 1.21. The number of hydrogen-bond acceptors (Lipinski definition) is 4. The first-order valence-electron chi connectivity index (χ1n) is 7.75. The maximum Gasteiger partial charge on any atom is 0.251 e. The quantitative estimate of drug-likeness (QED) is 0.856. The number of carbonyl (C=O) groups excluding carboxylic acids is 2. The second-order valence-electron chi connectivity index (χ2n) is 6.11. The Morgan fingerprint density at radius 2 is 2.17 bits per heavy atom. The Kier molecular flexibility index (Phi) is 5.22. The molecular formula is C17H22N4O2. The number of nitriles is 1. The van der Waals surface area contributed by atoms with Crippen LogP contribution in [0, 0.1) is 17.4 Å². The third-order valence-corrected chi connectivity index (χ3v) is 3.99. The maximum absolute atomic E-state index is 12.4. The van der Waals surface area contributed by atoms with Crippen LogP contribution in [0.25, 0.3) is 0 Å². The molecule has 1 unspecified atom stereocenters. The molecule has 1 aromatic rings. The second kappa shape index (κ2) is 7.14. The van der Waals surface area contributed by atoms with Crippen LogP contribution < -0.4 is 10.2 Å². The molecule has 1 aliphatic heterocycles. The van der Waals surface area contributed by atoms with Gasteiger partial charge in [-0.25, -0.2) is 0 Å². The van der Waals surface area contributed by atoms with E-state index in [-0.39, 0.29) is 23.8 Å². The van der Waals surface area contributed by atoms with Crippen LogP contribution in [0.3, 0.4) is 0 Å². The molecule has 0 spiro atoms. The first kappa shape index (κ1) is 16.8. The van der Waals surface area contributed by atoms with Crippen LogP contribution in [0.5, 0.6) is 0 Å². The Balaban J connectivity index is 2.06. The third kappa shape index (κ3) is 4.01. The van der Waals surface area contributed by atoms with Gasteiger partial charge in [-0.2, -0.15) is 5.26 Å². The third-order valence-electron chi connectivity index (χ3n) is 3.99. The van der Waals surface area contributed by atoms with E-state index in [1.165, 1.54) is 0 Å². The Morgan fingerprint density at radius 1 is 1.43 bits per heavy atom. The van der Waals surface area contributed by atoms with Gasteiger partial charge in [-0.3, -0.25) is 9.59 Å². The fraction of sp³-hybridized carbons (Fsp3) is 0.471. The lowest BCUT2D eigenvalue weighted by Crippen LogP contribution is -2.36. The van der Waals surface area contributed by atoms with Gasteiger partial charge < -0.3 is 15.1 Å². The van der Waals surface area contributed by atoms with Gasteiger partial charge in [0.15, 0.2) is 6.19 Å². The zero-order valence-electron chi connectivity index (χ0n) is 13.7. The van der Waals surface area contributed by atoms with Crippen LogP contribution in [0.2, 0.25) is 0 Å². The van der Waals surface area contributed by atoms with E-state index < -0.39 is 0 Å². The van der Waals surface area contributed by atoms with Gasteiger partial charge in [0.25, 0.3) is 5.91 Å². The van der Waals surface area contributed by atoms with Crippen molar-refractivity contribution in [1.29, 1.82) is 5.26 Å². The maximum atomic E-state index is 12.4. The van der Waals surface area contributed by atoms with Crippen LogP contribution in [0.15, 0.2) is 24.3 Å². The normalized spacial score (nSPS) is 17.0. The van der Waals surface area contributed by atoms with Crippen LogP contribution in [0.1, 0.15) is 30.6 Å². The standard InChI is InChI=1S/C17H22N4O2/c1-12(2)17(23)20(3)15-6-4-5-13(9-15)16(22)19-14-7-8-21(10-14)11-18/h4-6,9,12,14H,7-8,10H2,1-3H3,(H,19,22). The molecule has 2 rings (SSSR count). The van der Waals surface area contributed by atoms with Gasteiger partial charge >= 0.3 is 0 Å². The van der Waals surface area contributed by atoms with Crippen molar-refractivity contribution < 1.29 is 9.59 Å². The van der Waals surface area contributed by atoms with Crippen LogP contribution in [-0.2, 0) is 4.79 Å². The van der Waals surface area contributed by atoms with Gasteiger partial charge in [-0.05, 0) is 24.6 Å². The number of anilines is 1. The lowest BCUT2D eigenvalue weighted by Gasteiger charge is -2.20. The summed E-state index contributed by atoms with van der Waals surface area (Å²) in [6.45, 7) is 4.91. The molecule has 6 nitrogen and oxygen atoms in total. The summed E-state index contributed by atoms with van der Waals surface area (Å²) in [7, 11) is 1.71. The van der Waals surface area contributed by atoms with Crippen molar-refractivity contribution in [3.8, 4) is 6.19 Å². The van der Waals surface area contributed by atoms with Gasteiger partial charge in [-0.15, -0.1) is 0 Å². The largest absolute Gasteiger partial charge is 0.347 e. The fourth-order valence-corrected chi connectivity index (χ4v) is 2.61. The fourth-order valence-electron chi connectivity index (χ4n) is 2.61. The summed E-state index contributed by atoms with van der Waals surface area (Å²) < 4.78 is 0. The molecule has 6 heteroatoms. The van der Waals surface area contributed by atoms with E-state index in [9.17, 15) is 9.59 Å². The number of nitrogens with one attached hydrogen (secondary N) is 1. The second-order valence-corrected chi connectivity index (χ2v) is 6.11. The first-order chi connectivity index (χ1) is 10.9. The highest BCUT2D eigenvalue weighted by Gasteiger charge is 2.23. The highest BCUT2D eigenvalue weighted by atomic mass is 16.2. The summed E-state index contributed by atoms with van der Waals surface area (Å²) in [4.78, 5) is 27.6. The van der Waals surface area contributed by atoms with Gasteiger partial charge in [0.1, 0.15) is 0 Å². The molecule has 1 aliphatic rings. The highest BCUT2D eigenvalue weighted by Crippen LogP contribution is 2.17. The van der Waals surface area contributed by atoms with E-state index in [4.69, 9.17) is 5.26 Å². The van der Waals surface area contributed by atoms with Crippen LogP contribution >= 0.6 is 0 Å². The molecule has 1 N–H and O–H groups in total. The molecule has 0 aromatic heterocycles. The number of amides is 2. The Bertz CT molecular complexity index is 636. The molecular weight excluding hydrogens is 292 g/mol. The van der Waals surface area contributed by atoms with Crippen molar-refractivity contribution in [2.45, 2.75) is 26.3 Å². The molecule has 1 heterocycles. The first-order valence-corrected chi connectivity index (χ1v) is 7.75. The number of hydrogen-bond donors (Lipinski definition) is 1. The highest BCUT2D eigenvalue weighted by molar-refractivity contribution is 5.98. The monoisotopic (exact) mass is 314 g/mol. The predicted molar refractivity (Wildman–Crippen MR) is 87.7 cm³/mol. The van der Waals surface area contributed by atoms with Crippen molar-refractivity contribution in [3.63, 3.8) is 0 Å². The zero-order chi connectivity index (χ0) is 17.0. The van der Waals surface area contributed by atoms with E-state index in [2.05, 4.69) is 11.5 Å². The van der Waals surface area contributed by atoms with E-state index in [0.717, 1.165) is 6.42 Å². The average Bonchev–Trinajstić information content (AvgIpc) is 3.01. The summed E-state index contributed by atoms with van der Waals surface area (Å²) in [6.07, 6.45) is 2.86. The lowest BCUT2D eigenvalue weighted by atomic mass is 10.1. The molecule has 1 atom stereocenters. The van der Waals surface area contributed by atoms with Crippen molar-refractivity contribution in [2.24, 2.45) is 5.92 Å². The van der Waals surface area contributed by atoms with Crippen LogP contribution in [0.4, 0.5) is 5.69 Å². The van der Waals surface area contributed by atoms with Gasteiger partial charge in [0.05, 0.1) is 0 Å². The van der Waals surface area contributed by atoms with Gasteiger partial charge in [0.2, 0.25) is 5.91 Å². The Labute approximate surface area is 136 Å². The molecule has 122 valence electrons. The molecule has 1 aromatic carbocycles. The minimum Gasteiger partial charge on any atom is -0.347 e. The molecule has 0 aliphatic carbocycles. The summed E-state index contributed by atoms with van der Waals surface area (Å²) in [6, 6.07) is 7.01. The number of benzene rings is 1. The van der Waals surface area contributed by atoms with Gasteiger partial charge in [0, 0.05) is 43.3 Å². The molecule has 0 bridgehead atoms. The number of likely N-dealkylation sites (tertiary alicyclic amines) is 1. The lowest BCUT2D eigenvalue weighted by molar-refractivity contribution is -0.121. The Hall–Kier alpha value is -2.55. The molecule has 2 amide bonds. The minimum atomic E-state index is -0.179. The van der Waals surface area contributed by atoms with E-state index in [1.807, 2.05) is 19.9 Å². The number of carbonyl (C=O) groups is 2. The van der Waals surface area contributed by atoms with Crippen LogP contribution in [-0.4, -0.2) is 42.9 Å². The van der Waals surface area contributed by atoms with Crippen molar-refractivity contribution in [1.82, 2.24) is 10.2 Å². The smallest absolute Gasteiger partial charge is 0.251 e. The predicted octanol–water partition coefficient (Wildman–Crippen LogP) is 1.59. The minimum absolute atomic E-state index is 0.00279. The van der Waals surface area contributed by atoms with E-state index in [1.54, 1.807) is 35.0 Å². The summed E-state index contributed by atoms with van der Waals surface area (Å²) in [5.74, 6) is -0.280. The van der Waals surface area contributed by atoms with Crippen molar-refractivity contribution in [3.05, 3.63) is 29.8 Å². The number of nitrogens with zero attached hydrogens (tertiary/aromatic N) is 3. The SMILES string of the molecule is CC(C)C(=O)N(C)c1cccc(C(=O)NC2CCN(C#N)C2)c1. The summed E-state index contributed by atoms with van der Waals surface area (Å²) >= 11 is 0. The molecule has 0 saturated carbocycles. The van der Waals surface area contributed by atoms with Gasteiger partial charge in [-0.1, -0.05) is 19.9 Å². The molecule has 0 radical (unpaired) electrons. The van der Waals surface area contributed by atoms with Crippen molar-refractivity contribution >= 4 is 17.5 Å².